The lowest BCUT2D eigenvalue weighted by atomic mass is 9.90. The smallest absolute Gasteiger partial charge is 0.402 e. The third kappa shape index (κ3) is 24.7. The van der Waals surface area contributed by atoms with Crippen molar-refractivity contribution in [1.29, 1.82) is 0 Å². The van der Waals surface area contributed by atoms with Gasteiger partial charge in [-0.3, -0.25) is 0 Å². The van der Waals surface area contributed by atoms with Crippen molar-refractivity contribution >= 4 is 7.32 Å². The van der Waals surface area contributed by atoms with Crippen molar-refractivity contribution in [1.82, 2.24) is 0 Å². The first-order chi connectivity index (χ1) is 6.40. The molecule has 0 aromatic carbocycles. The van der Waals surface area contributed by atoms with Gasteiger partial charge in [-0.25, -0.2) is 0 Å². The molecule has 0 spiro atoms. The van der Waals surface area contributed by atoms with Crippen LogP contribution in [0.5, 0.6) is 0 Å². The highest BCUT2D eigenvalue weighted by Crippen LogP contribution is 2.19. The molecule has 0 saturated heterocycles. The third-order valence-corrected chi connectivity index (χ3v) is 1.50. The summed E-state index contributed by atoms with van der Waals surface area (Å²) >= 11 is 0. The van der Waals surface area contributed by atoms with Crippen LogP contribution in [-0.4, -0.2) is 43.8 Å². The van der Waals surface area contributed by atoms with Gasteiger partial charge >= 0.3 is 7.32 Å². The number of allylic oxidation sites excluding steroid dienone is 1. The van der Waals surface area contributed by atoms with Crippen LogP contribution in [-0.2, 0) is 0 Å². The maximum atomic E-state index is 9.10. The lowest BCUT2D eigenvalue weighted by molar-refractivity contribution is -0.107. The zero-order valence-corrected chi connectivity index (χ0v) is 10.1. The van der Waals surface area contributed by atoms with E-state index in [2.05, 4.69) is 6.58 Å². The molecule has 0 unspecified atom stereocenters. The van der Waals surface area contributed by atoms with Crippen molar-refractivity contribution in [3.8, 4) is 0 Å². The van der Waals surface area contributed by atoms with E-state index in [4.69, 9.17) is 25.3 Å². The molecule has 0 atom stereocenters. The average molecular weight is 222 g/mol. The van der Waals surface area contributed by atoms with Gasteiger partial charge in [-0.05, 0) is 34.6 Å². The third-order valence-electron chi connectivity index (χ3n) is 1.50. The Hall–Kier alpha value is -0.395. The first-order valence-electron chi connectivity index (χ1n) is 4.46. The van der Waals surface area contributed by atoms with Crippen LogP contribution in [0.1, 0.15) is 34.6 Å². The Morgan fingerprint density at radius 1 is 0.933 bits per heavy atom. The molecule has 5 N–H and O–H groups in total. The van der Waals surface area contributed by atoms with E-state index in [1.165, 1.54) is 0 Å². The fourth-order valence-corrected chi connectivity index (χ4v) is 0. The quantitative estimate of drug-likeness (QED) is 0.309. The highest BCUT2D eigenvalue weighted by atomic mass is 16.5. The minimum Gasteiger partial charge on any atom is -0.402 e. The molecule has 6 heteroatoms. The van der Waals surface area contributed by atoms with Gasteiger partial charge in [0.25, 0.3) is 0 Å². The molecule has 0 rings (SSSR count). The van der Waals surface area contributed by atoms with Crippen molar-refractivity contribution in [2.45, 2.75) is 45.8 Å². The van der Waals surface area contributed by atoms with Gasteiger partial charge in [0.15, 0.2) is 0 Å². The van der Waals surface area contributed by atoms with Crippen LogP contribution in [0.25, 0.3) is 0 Å². The lowest BCUT2D eigenvalue weighted by Gasteiger charge is -2.31. The maximum absolute atomic E-state index is 9.10. The fourth-order valence-electron chi connectivity index (χ4n) is 0. The summed E-state index contributed by atoms with van der Waals surface area (Å²) in [5.74, 6) is 0. The Morgan fingerprint density at radius 2 is 1.00 bits per heavy atom. The Kier molecular flexibility index (Phi) is 11.9. The van der Waals surface area contributed by atoms with E-state index in [-0.39, 0.29) is 0 Å². The number of hydrogen-bond donors (Lipinski definition) is 5. The van der Waals surface area contributed by atoms with Gasteiger partial charge in [-0.15, -0.1) is 6.58 Å². The summed E-state index contributed by atoms with van der Waals surface area (Å²) in [6, 6.07) is 0. The second-order valence-electron chi connectivity index (χ2n) is 3.87. The van der Waals surface area contributed by atoms with Crippen molar-refractivity contribution in [2.24, 2.45) is 0 Å². The van der Waals surface area contributed by atoms with Crippen LogP contribution in [0.15, 0.2) is 12.7 Å². The molecule has 15 heavy (non-hydrogen) atoms. The molecule has 0 amide bonds. The summed E-state index contributed by atoms with van der Waals surface area (Å²) in [5.41, 5.74) is -2.01. The van der Waals surface area contributed by atoms with Crippen molar-refractivity contribution in [3.63, 3.8) is 0 Å². The molecule has 0 aliphatic rings. The number of rotatable bonds is 1. The van der Waals surface area contributed by atoms with Crippen LogP contribution < -0.4 is 0 Å². The standard InChI is InChI=1S/C6H14O2.C3H6.BH3O3/c1-5(2,7)6(3,4)8;1-3-2;2-1(3)4/h7-8H,1-4H3;3H,1H2,2H3;2-4H. The number of aliphatic hydroxyl groups is 2. The zero-order chi connectivity index (χ0) is 13.3. The van der Waals surface area contributed by atoms with Crippen molar-refractivity contribution in [3.05, 3.63) is 12.7 Å². The van der Waals surface area contributed by atoms with Gasteiger partial charge in [0.2, 0.25) is 0 Å². The van der Waals surface area contributed by atoms with E-state index in [1.807, 2.05) is 6.92 Å². The van der Waals surface area contributed by atoms with Gasteiger partial charge in [0.05, 0.1) is 11.2 Å². The largest absolute Gasteiger partial charge is 0.631 e. The molecule has 5 nitrogen and oxygen atoms in total. The fraction of sp³-hybridized carbons (Fsp3) is 0.778. The summed E-state index contributed by atoms with van der Waals surface area (Å²) in [6.45, 7) is 11.6. The van der Waals surface area contributed by atoms with Crippen LogP contribution in [0.3, 0.4) is 0 Å². The highest BCUT2D eigenvalue weighted by Gasteiger charge is 2.31. The van der Waals surface area contributed by atoms with E-state index in [0.29, 0.717) is 0 Å². The molecular formula is C9H23BO5. The first-order valence-corrected chi connectivity index (χ1v) is 4.46. The molecule has 0 bridgehead atoms. The van der Waals surface area contributed by atoms with E-state index in [9.17, 15) is 0 Å². The monoisotopic (exact) mass is 222 g/mol. The van der Waals surface area contributed by atoms with Crippen LogP contribution in [0, 0.1) is 0 Å². The molecule has 0 aliphatic carbocycles. The predicted molar refractivity (Wildman–Crippen MR) is 60.9 cm³/mol. The molecule has 0 saturated carbocycles. The van der Waals surface area contributed by atoms with E-state index >= 15 is 0 Å². The lowest BCUT2D eigenvalue weighted by Crippen LogP contribution is -2.44. The summed E-state index contributed by atoms with van der Waals surface area (Å²) in [6.07, 6.45) is 1.75. The van der Waals surface area contributed by atoms with Crippen molar-refractivity contribution in [2.75, 3.05) is 0 Å². The second kappa shape index (κ2) is 8.88. The Balaban J connectivity index is -0.000000173. The van der Waals surface area contributed by atoms with Gasteiger partial charge in [-0.2, -0.15) is 0 Å². The summed E-state index contributed by atoms with van der Waals surface area (Å²) in [5, 5.41) is 39.7. The predicted octanol–water partition coefficient (Wildman–Crippen LogP) is -0.331. The Bertz CT molecular complexity index is 131. The Morgan fingerprint density at radius 3 is 1.00 bits per heavy atom. The van der Waals surface area contributed by atoms with E-state index in [0.717, 1.165) is 0 Å². The van der Waals surface area contributed by atoms with Gasteiger partial charge in [-0.1, -0.05) is 6.08 Å². The van der Waals surface area contributed by atoms with Gasteiger partial charge in [0, 0.05) is 0 Å². The minimum atomic E-state index is -2.17. The van der Waals surface area contributed by atoms with Gasteiger partial charge in [0.1, 0.15) is 0 Å². The molecule has 0 aromatic rings. The maximum Gasteiger partial charge on any atom is 0.631 e. The summed E-state index contributed by atoms with van der Waals surface area (Å²) in [7, 11) is -2.17. The normalized spacial score (nSPS) is 10.3. The van der Waals surface area contributed by atoms with Gasteiger partial charge < -0.3 is 25.3 Å². The molecular weight excluding hydrogens is 199 g/mol. The summed E-state index contributed by atoms with van der Waals surface area (Å²) < 4.78 is 0. The Labute approximate surface area is 91.9 Å². The molecule has 0 aromatic heterocycles. The molecule has 0 fully saturated rings. The van der Waals surface area contributed by atoms with Crippen LogP contribution >= 0.6 is 0 Å². The van der Waals surface area contributed by atoms with E-state index in [1.54, 1.807) is 33.8 Å². The molecule has 0 radical (unpaired) electrons. The zero-order valence-electron chi connectivity index (χ0n) is 10.1. The van der Waals surface area contributed by atoms with Crippen LogP contribution in [0.2, 0.25) is 0 Å². The molecule has 92 valence electrons. The SMILES string of the molecule is C=CC.CC(C)(O)C(C)(C)O.OB(O)O. The average Bonchev–Trinajstić information content (AvgIpc) is 1.81. The summed E-state index contributed by atoms with van der Waals surface area (Å²) in [4.78, 5) is 0. The number of hydrogen-bond acceptors (Lipinski definition) is 5. The van der Waals surface area contributed by atoms with Crippen LogP contribution in [0.4, 0.5) is 0 Å². The van der Waals surface area contributed by atoms with Crippen molar-refractivity contribution < 1.29 is 25.3 Å². The topological polar surface area (TPSA) is 101 Å². The minimum absolute atomic E-state index is 1.01. The van der Waals surface area contributed by atoms with E-state index < -0.39 is 18.5 Å². The highest BCUT2D eigenvalue weighted by molar-refractivity contribution is 6.30. The second-order valence-corrected chi connectivity index (χ2v) is 3.87. The molecule has 0 heterocycles. The first kappa shape index (κ1) is 20.1. The molecule has 0 aliphatic heterocycles.